The van der Waals surface area contributed by atoms with Crippen molar-refractivity contribution in [3.05, 3.63) is 54.6 Å². The number of rotatable bonds is 9. The van der Waals surface area contributed by atoms with Crippen LogP contribution < -0.4 is 10.7 Å². The van der Waals surface area contributed by atoms with Crippen LogP contribution in [0.1, 0.15) is 32.1 Å². The summed E-state index contributed by atoms with van der Waals surface area (Å²) in [5.74, 6) is -0.0551. The number of ether oxygens (including phenoxy) is 1. The van der Waals surface area contributed by atoms with Crippen molar-refractivity contribution in [3.8, 4) is 11.1 Å². The lowest BCUT2D eigenvalue weighted by molar-refractivity contribution is -0.130. The topological polar surface area (TPSA) is 79.1 Å². The van der Waals surface area contributed by atoms with Crippen LogP contribution in [0.2, 0.25) is 0 Å². The predicted molar refractivity (Wildman–Crippen MR) is 127 cm³/mol. The summed E-state index contributed by atoms with van der Waals surface area (Å²) in [5, 5.41) is 3.72. The van der Waals surface area contributed by atoms with Crippen molar-refractivity contribution >= 4 is 17.7 Å². The van der Waals surface area contributed by atoms with Gasteiger partial charge in [-0.1, -0.05) is 55.0 Å². The van der Waals surface area contributed by atoms with Gasteiger partial charge < -0.3 is 15.4 Å². The Morgan fingerprint density at radius 1 is 1.00 bits per heavy atom. The quantitative estimate of drug-likeness (QED) is 0.642. The second kappa shape index (κ2) is 12.2. The Hall–Kier alpha value is -2.90. The summed E-state index contributed by atoms with van der Waals surface area (Å²) in [5.41, 5.74) is 8.30. The molecule has 1 saturated heterocycles. The fourth-order valence-corrected chi connectivity index (χ4v) is 3.89. The summed E-state index contributed by atoms with van der Waals surface area (Å²) < 4.78 is 5.60. The Labute approximate surface area is 190 Å². The molecule has 0 bridgehead atoms. The van der Waals surface area contributed by atoms with Gasteiger partial charge in [-0.15, -0.1) is 0 Å². The smallest absolute Gasteiger partial charge is 0.429 e. The van der Waals surface area contributed by atoms with E-state index in [4.69, 9.17) is 10.5 Å². The van der Waals surface area contributed by atoms with Gasteiger partial charge in [0.25, 0.3) is 0 Å². The van der Waals surface area contributed by atoms with Gasteiger partial charge in [-0.05, 0) is 37.4 Å². The minimum absolute atomic E-state index is 0.0441. The van der Waals surface area contributed by atoms with Gasteiger partial charge in [-0.3, -0.25) is 4.79 Å². The second-order valence-electron chi connectivity index (χ2n) is 8.03. The van der Waals surface area contributed by atoms with Crippen LogP contribution in [0.5, 0.6) is 0 Å². The van der Waals surface area contributed by atoms with Gasteiger partial charge in [0, 0.05) is 32.2 Å². The molecule has 0 radical (unpaired) electrons. The van der Waals surface area contributed by atoms with Crippen molar-refractivity contribution in [2.75, 3.05) is 44.8 Å². The number of benzene rings is 2. The largest absolute Gasteiger partial charge is 0.448 e. The number of piperidine rings is 1. The van der Waals surface area contributed by atoms with Crippen LogP contribution in [0.4, 0.5) is 10.5 Å². The maximum absolute atomic E-state index is 13.3. The monoisotopic (exact) mass is 438 g/mol. The molecular formula is C25H34N4O3. The number of amides is 2. The third-order valence-electron chi connectivity index (χ3n) is 5.67. The number of hydrogen-bond donors (Lipinski definition) is 1. The van der Waals surface area contributed by atoms with Gasteiger partial charge in [-0.2, -0.15) is 0 Å². The Morgan fingerprint density at radius 3 is 2.41 bits per heavy atom. The molecule has 1 heterocycles. The number of carbonyl (C=O) groups excluding carboxylic acids is 2. The summed E-state index contributed by atoms with van der Waals surface area (Å²) in [6, 6.07) is 17.9. The number of hydrogen-bond acceptors (Lipinski definition) is 5. The van der Waals surface area contributed by atoms with E-state index in [1.54, 1.807) is 17.0 Å². The van der Waals surface area contributed by atoms with Crippen molar-refractivity contribution in [2.24, 2.45) is 5.73 Å². The zero-order valence-corrected chi connectivity index (χ0v) is 18.9. The minimum Gasteiger partial charge on any atom is -0.448 e. The molecule has 2 N–H and O–H groups in total. The van der Waals surface area contributed by atoms with E-state index in [9.17, 15) is 9.59 Å². The standard InChI is InChI=1S/C25H34N4O3/c1-27(17-10-16-26)24(30)15-20-32-25(31)29(28-18-8-3-9-19-28)23-14-7-6-13-22(23)21-11-4-2-5-12-21/h2,4-7,11-14H,3,8-10,15-20,26H2,1H3. The van der Waals surface area contributed by atoms with E-state index in [0.717, 1.165) is 55.6 Å². The number of hydrazine groups is 1. The summed E-state index contributed by atoms with van der Waals surface area (Å²) in [7, 11) is 1.75. The van der Waals surface area contributed by atoms with Crippen LogP contribution in [0.3, 0.4) is 0 Å². The molecule has 0 spiro atoms. The first-order valence-corrected chi connectivity index (χ1v) is 11.4. The predicted octanol–water partition coefficient (Wildman–Crippen LogP) is 3.89. The average molecular weight is 439 g/mol. The molecule has 1 fully saturated rings. The number of nitrogens with zero attached hydrogens (tertiary/aromatic N) is 3. The molecule has 32 heavy (non-hydrogen) atoms. The number of carbonyl (C=O) groups is 2. The first-order valence-electron chi connectivity index (χ1n) is 11.4. The molecule has 7 nitrogen and oxygen atoms in total. The SMILES string of the molecule is CN(CCCN)C(=O)CCOC(=O)N(c1ccccc1-c1ccccc1)N1CCCCC1. The van der Waals surface area contributed by atoms with Gasteiger partial charge in [-0.25, -0.2) is 14.8 Å². The lowest BCUT2D eigenvalue weighted by Crippen LogP contribution is -2.49. The molecule has 1 aliphatic rings. The molecule has 2 aromatic carbocycles. The minimum atomic E-state index is -0.451. The fourth-order valence-electron chi connectivity index (χ4n) is 3.89. The van der Waals surface area contributed by atoms with Crippen LogP contribution in [-0.4, -0.2) is 61.7 Å². The molecule has 0 unspecified atom stereocenters. The molecule has 0 saturated carbocycles. The van der Waals surface area contributed by atoms with Gasteiger partial charge in [0.15, 0.2) is 0 Å². The number of para-hydroxylation sites is 1. The molecule has 0 atom stereocenters. The van der Waals surface area contributed by atoms with E-state index in [-0.39, 0.29) is 18.9 Å². The molecule has 172 valence electrons. The van der Waals surface area contributed by atoms with E-state index < -0.39 is 6.09 Å². The van der Waals surface area contributed by atoms with E-state index in [1.807, 2.05) is 54.6 Å². The third kappa shape index (κ3) is 6.31. The van der Waals surface area contributed by atoms with Crippen molar-refractivity contribution in [3.63, 3.8) is 0 Å². The van der Waals surface area contributed by atoms with Crippen LogP contribution in [0, 0.1) is 0 Å². The van der Waals surface area contributed by atoms with E-state index >= 15 is 0 Å². The zero-order valence-electron chi connectivity index (χ0n) is 18.9. The normalized spacial score (nSPS) is 14.1. The first-order chi connectivity index (χ1) is 15.6. The highest BCUT2D eigenvalue weighted by Gasteiger charge is 2.28. The Morgan fingerprint density at radius 2 is 1.69 bits per heavy atom. The van der Waals surface area contributed by atoms with Crippen LogP contribution in [-0.2, 0) is 9.53 Å². The molecule has 2 aromatic rings. The molecular weight excluding hydrogens is 404 g/mol. The van der Waals surface area contributed by atoms with Crippen molar-refractivity contribution in [1.82, 2.24) is 9.91 Å². The summed E-state index contributed by atoms with van der Waals surface area (Å²) >= 11 is 0. The maximum Gasteiger partial charge on any atom is 0.429 e. The van der Waals surface area contributed by atoms with Crippen molar-refractivity contribution in [2.45, 2.75) is 32.1 Å². The molecule has 0 aliphatic carbocycles. The first kappa shape index (κ1) is 23.8. The van der Waals surface area contributed by atoms with Crippen LogP contribution in [0.25, 0.3) is 11.1 Å². The summed E-state index contributed by atoms with van der Waals surface area (Å²) in [4.78, 5) is 27.2. The molecule has 3 rings (SSSR count). The molecule has 0 aromatic heterocycles. The lowest BCUT2D eigenvalue weighted by Gasteiger charge is -2.37. The molecule has 2 amide bonds. The summed E-state index contributed by atoms with van der Waals surface area (Å²) in [6.45, 7) is 2.77. The number of anilines is 1. The third-order valence-corrected chi connectivity index (χ3v) is 5.67. The zero-order chi connectivity index (χ0) is 22.8. The van der Waals surface area contributed by atoms with Crippen molar-refractivity contribution < 1.29 is 14.3 Å². The van der Waals surface area contributed by atoms with Gasteiger partial charge >= 0.3 is 6.09 Å². The van der Waals surface area contributed by atoms with E-state index in [0.29, 0.717) is 13.1 Å². The average Bonchev–Trinajstić information content (AvgIpc) is 2.84. The van der Waals surface area contributed by atoms with Crippen LogP contribution >= 0.6 is 0 Å². The second-order valence-corrected chi connectivity index (χ2v) is 8.03. The fraction of sp³-hybridized carbons (Fsp3) is 0.440. The summed E-state index contributed by atoms with van der Waals surface area (Å²) in [6.07, 6.45) is 3.67. The van der Waals surface area contributed by atoms with Gasteiger partial charge in [0.2, 0.25) is 5.91 Å². The molecule has 1 aliphatic heterocycles. The Kier molecular flexibility index (Phi) is 9.07. The van der Waals surface area contributed by atoms with E-state index in [2.05, 4.69) is 5.01 Å². The van der Waals surface area contributed by atoms with Crippen molar-refractivity contribution in [1.29, 1.82) is 0 Å². The Balaban J connectivity index is 1.76. The highest BCUT2D eigenvalue weighted by molar-refractivity contribution is 5.93. The number of nitrogens with two attached hydrogens (primary N) is 1. The Bertz CT molecular complexity index is 869. The maximum atomic E-state index is 13.3. The highest BCUT2D eigenvalue weighted by Crippen LogP contribution is 2.33. The van der Waals surface area contributed by atoms with Gasteiger partial charge in [0.1, 0.15) is 6.61 Å². The lowest BCUT2D eigenvalue weighted by atomic mass is 10.0. The van der Waals surface area contributed by atoms with Crippen LogP contribution in [0.15, 0.2) is 54.6 Å². The van der Waals surface area contributed by atoms with E-state index in [1.165, 1.54) is 0 Å². The van der Waals surface area contributed by atoms with Gasteiger partial charge in [0.05, 0.1) is 12.1 Å². The highest BCUT2D eigenvalue weighted by atomic mass is 16.6. The molecule has 7 heteroatoms.